The van der Waals surface area contributed by atoms with E-state index in [1.165, 1.54) is 11.2 Å². The number of rotatable bonds is 8. The summed E-state index contributed by atoms with van der Waals surface area (Å²) in [5, 5.41) is 8.74. The van der Waals surface area contributed by atoms with Crippen molar-refractivity contribution in [3.63, 3.8) is 0 Å². The third-order valence-electron chi connectivity index (χ3n) is 5.51. The molecule has 1 aliphatic rings. The molecule has 35 heavy (non-hydrogen) atoms. The molecule has 0 saturated heterocycles. The topological polar surface area (TPSA) is 102 Å². The summed E-state index contributed by atoms with van der Waals surface area (Å²) >= 11 is 0. The Balaban J connectivity index is 1.52. The second-order valence-corrected chi connectivity index (χ2v) is 7.79. The summed E-state index contributed by atoms with van der Waals surface area (Å²) in [5.74, 6) is 0.917. The zero-order valence-corrected chi connectivity index (χ0v) is 19.7. The van der Waals surface area contributed by atoms with Gasteiger partial charge < -0.3 is 19.5 Å². The van der Waals surface area contributed by atoms with E-state index in [-0.39, 0.29) is 12.5 Å². The Kier molecular flexibility index (Phi) is 7.25. The van der Waals surface area contributed by atoms with Crippen LogP contribution in [0.15, 0.2) is 72.1 Å². The zero-order chi connectivity index (χ0) is 24.8. The van der Waals surface area contributed by atoms with Gasteiger partial charge in [0, 0.05) is 23.6 Å². The first-order chi connectivity index (χ1) is 17.0. The number of anilines is 1. The number of methoxy groups -OCH3 is 2. The molecule has 2 heterocycles. The van der Waals surface area contributed by atoms with E-state index in [2.05, 4.69) is 15.4 Å². The number of benzene rings is 2. The van der Waals surface area contributed by atoms with Crippen molar-refractivity contribution >= 4 is 23.4 Å². The molecule has 1 N–H and O–H groups in total. The van der Waals surface area contributed by atoms with E-state index in [1.54, 1.807) is 50.7 Å². The summed E-state index contributed by atoms with van der Waals surface area (Å²) in [6.07, 6.45) is 2.71. The molecule has 4 rings (SSSR count). The van der Waals surface area contributed by atoms with Crippen LogP contribution < -0.4 is 14.8 Å². The molecular weight excluding hydrogens is 448 g/mol. The van der Waals surface area contributed by atoms with Gasteiger partial charge in [-0.05, 0) is 54.4 Å². The van der Waals surface area contributed by atoms with Crippen molar-refractivity contribution in [3.05, 3.63) is 83.7 Å². The van der Waals surface area contributed by atoms with E-state index in [0.717, 1.165) is 11.1 Å². The summed E-state index contributed by atoms with van der Waals surface area (Å²) in [4.78, 5) is 28.9. The van der Waals surface area contributed by atoms with Crippen LogP contribution in [0.1, 0.15) is 34.8 Å². The SMILES string of the molecule is CCC1OC(=O)N(Cc2ccc(NC(=O)c3cccnc3)cc2)N=C1c1ccc(OC)c(OC)c1. The van der Waals surface area contributed by atoms with Gasteiger partial charge >= 0.3 is 6.09 Å². The minimum atomic E-state index is -0.518. The third-order valence-corrected chi connectivity index (χ3v) is 5.51. The van der Waals surface area contributed by atoms with Crippen LogP contribution in [-0.2, 0) is 11.3 Å². The first-order valence-electron chi connectivity index (χ1n) is 11.1. The highest BCUT2D eigenvalue weighted by Crippen LogP contribution is 2.30. The van der Waals surface area contributed by atoms with E-state index in [4.69, 9.17) is 14.2 Å². The molecule has 0 aliphatic carbocycles. The second kappa shape index (κ2) is 10.7. The zero-order valence-electron chi connectivity index (χ0n) is 19.7. The van der Waals surface area contributed by atoms with Crippen molar-refractivity contribution in [3.8, 4) is 11.5 Å². The summed E-state index contributed by atoms with van der Waals surface area (Å²) in [7, 11) is 3.14. The molecular formula is C26H26N4O5. The van der Waals surface area contributed by atoms with Crippen LogP contribution >= 0.6 is 0 Å². The molecule has 0 saturated carbocycles. The Hall–Kier alpha value is -4.40. The van der Waals surface area contributed by atoms with Crippen molar-refractivity contribution in [2.75, 3.05) is 19.5 Å². The van der Waals surface area contributed by atoms with Crippen LogP contribution in [0.2, 0.25) is 0 Å². The molecule has 2 aromatic carbocycles. The fourth-order valence-corrected chi connectivity index (χ4v) is 3.66. The molecule has 1 atom stereocenters. The van der Waals surface area contributed by atoms with Gasteiger partial charge in [0.05, 0.1) is 26.3 Å². The highest BCUT2D eigenvalue weighted by atomic mass is 16.6. The minimum absolute atomic E-state index is 0.211. The molecule has 0 radical (unpaired) electrons. The van der Waals surface area contributed by atoms with Crippen molar-refractivity contribution in [1.82, 2.24) is 9.99 Å². The van der Waals surface area contributed by atoms with E-state index in [0.29, 0.717) is 34.9 Å². The lowest BCUT2D eigenvalue weighted by Crippen LogP contribution is -2.41. The highest BCUT2D eigenvalue weighted by Gasteiger charge is 2.31. The molecule has 9 nitrogen and oxygen atoms in total. The van der Waals surface area contributed by atoms with E-state index < -0.39 is 12.2 Å². The number of nitrogens with zero attached hydrogens (tertiary/aromatic N) is 3. The highest BCUT2D eigenvalue weighted by molar-refractivity contribution is 6.06. The smallest absolute Gasteiger partial charge is 0.431 e. The average Bonchev–Trinajstić information content (AvgIpc) is 2.90. The van der Waals surface area contributed by atoms with Crippen molar-refractivity contribution in [1.29, 1.82) is 0 Å². The Morgan fingerprint density at radius 3 is 2.51 bits per heavy atom. The molecule has 9 heteroatoms. The Morgan fingerprint density at radius 2 is 1.86 bits per heavy atom. The first-order valence-corrected chi connectivity index (χ1v) is 11.1. The largest absolute Gasteiger partial charge is 0.493 e. The van der Waals surface area contributed by atoms with Gasteiger partial charge in [-0.15, -0.1) is 0 Å². The lowest BCUT2D eigenvalue weighted by molar-refractivity contribution is 0.0712. The van der Waals surface area contributed by atoms with Gasteiger partial charge in [-0.3, -0.25) is 9.78 Å². The van der Waals surface area contributed by atoms with Crippen molar-refractivity contribution in [2.45, 2.75) is 26.0 Å². The third kappa shape index (κ3) is 5.40. The predicted octanol–water partition coefficient (Wildman–Crippen LogP) is 4.49. The molecule has 0 fully saturated rings. The normalized spacial score (nSPS) is 15.2. The molecule has 0 spiro atoms. The molecule has 180 valence electrons. The van der Waals surface area contributed by atoms with Crippen LogP contribution in [0.3, 0.4) is 0 Å². The number of nitrogens with one attached hydrogen (secondary N) is 1. The lowest BCUT2D eigenvalue weighted by Gasteiger charge is -2.29. The van der Waals surface area contributed by atoms with E-state index >= 15 is 0 Å². The Labute approximate surface area is 203 Å². The standard InChI is InChI=1S/C26H26N4O5/c1-4-21-24(18-9-12-22(33-2)23(14-18)34-3)29-30(26(32)35-21)16-17-7-10-20(11-8-17)28-25(31)19-6-5-13-27-15-19/h5-15,21H,4,16H2,1-3H3,(H,28,31). The van der Waals surface area contributed by atoms with Gasteiger partial charge in [0.2, 0.25) is 0 Å². The number of carbonyl (C=O) groups is 2. The molecule has 1 unspecified atom stereocenters. The summed E-state index contributed by atoms with van der Waals surface area (Å²) in [5.41, 5.74) is 3.33. The number of pyridine rings is 1. The molecule has 3 aromatic rings. The van der Waals surface area contributed by atoms with Gasteiger partial charge in [-0.2, -0.15) is 10.1 Å². The van der Waals surface area contributed by atoms with Gasteiger partial charge in [0.25, 0.3) is 5.91 Å². The van der Waals surface area contributed by atoms with E-state index in [1.807, 2.05) is 31.2 Å². The van der Waals surface area contributed by atoms with Crippen molar-refractivity contribution < 1.29 is 23.8 Å². The second-order valence-electron chi connectivity index (χ2n) is 7.79. The number of ether oxygens (including phenoxy) is 3. The molecule has 2 amide bonds. The quantitative estimate of drug-likeness (QED) is 0.516. The van der Waals surface area contributed by atoms with E-state index in [9.17, 15) is 9.59 Å². The van der Waals surface area contributed by atoms with Crippen LogP contribution in [0.4, 0.5) is 10.5 Å². The number of carbonyl (C=O) groups excluding carboxylic acids is 2. The fourth-order valence-electron chi connectivity index (χ4n) is 3.66. The summed E-state index contributed by atoms with van der Waals surface area (Å²) in [6, 6.07) is 16.1. The number of hydrogen-bond donors (Lipinski definition) is 1. The maximum Gasteiger partial charge on any atom is 0.431 e. The van der Waals surface area contributed by atoms with Crippen LogP contribution in [0.5, 0.6) is 11.5 Å². The molecule has 1 aromatic heterocycles. The maximum absolute atomic E-state index is 12.6. The Bertz CT molecular complexity index is 1230. The van der Waals surface area contributed by atoms with Crippen LogP contribution in [0.25, 0.3) is 0 Å². The average molecular weight is 475 g/mol. The van der Waals surface area contributed by atoms with Crippen LogP contribution in [-0.4, -0.2) is 48.0 Å². The number of cyclic esters (lactones) is 1. The summed E-state index contributed by atoms with van der Waals surface area (Å²) in [6.45, 7) is 2.14. The maximum atomic E-state index is 12.6. The number of amides is 2. The van der Waals surface area contributed by atoms with Gasteiger partial charge in [-0.1, -0.05) is 19.1 Å². The number of hydrazone groups is 1. The summed E-state index contributed by atoms with van der Waals surface area (Å²) < 4.78 is 16.4. The lowest BCUT2D eigenvalue weighted by atomic mass is 10.0. The number of hydrogen-bond acceptors (Lipinski definition) is 7. The van der Waals surface area contributed by atoms with Crippen molar-refractivity contribution in [2.24, 2.45) is 5.10 Å². The minimum Gasteiger partial charge on any atom is -0.493 e. The molecule has 0 bridgehead atoms. The van der Waals surface area contributed by atoms with Gasteiger partial charge in [-0.25, -0.2) is 4.79 Å². The fraction of sp³-hybridized carbons (Fsp3) is 0.231. The monoisotopic (exact) mass is 474 g/mol. The molecule has 1 aliphatic heterocycles. The first kappa shape index (κ1) is 23.7. The predicted molar refractivity (Wildman–Crippen MR) is 131 cm³/mol. The number of aromatic nitrogens is 1. The van der Waals surface area contributed by atoms with Gasteiger partial charge in [0.15, 0.2) is 11.5 Å². The Morgan fingerprint density at radius 1 is 1.09 bits per heavy atom. The van der Waals surface area contributed by atoms with Crippen LogP contribution in [0, 0.1) is 0 Å². The van der Waals surface area contributed by atoms with Gasteiger partial charge in [0.1, 0.15) is 11.8 Å².